The second kappa shape index (κ2) is 6.90. The van der Waals surface area contributed by atoms with Crippen molar-refractivity contribution in [3.05, 3.63) is 0 Å². The van der Waals surface area contributed by atoms with Gasteiger partial charge in [0.15, 0.2) is 0 Å². The highest BCUT2D eigenvalue weighted by atomic mass is 35.5. The van der Waals surface area contributed by atoms with Crippen LogP contribution in [0.25, 0.3) is 0 Å². The summed E-state index contributed by atoms with van der Waals surface area (Å²) in [6.07, 6.45) is 3.66. The Kier molecular flexibility index (Phi) is 7.87. The summed E-state index contributed by atoms with van der Waals surface area (Å²) in [4.78, 5) is 0. The van der Waals surface area contributed by atoms with Gasteiger partial charge in [-0.05, 0) is 25.7 Å². The Hall–Kier alpha value is -0.480. The second-order valence-corrected chi connectivity index (χ2v) is 3.46. The van der Waals surface area contributed by atoms with E-state index in [0.717, 1.165) is 25.7 Å². The van der Waals surface area contributed by atoms with Crippen LogP contribution in [0.2, 0.25) is 0 Å². The van der Waals surface area contributed by atoms with Crippen LogP contribution in [0.15, 0.2) is 0 Å². The van der Waals surface area contributed by atoms with E-state index in [2.05, 4.69) is 0 Å². The summed E-state index contributed by atoms with van der Waals surface area (Å²) in [7, 11) is 0. The van der Waals surface area contributed by atoms with E-state index >= 15 is 0 Å². The van der Waals surface area contributed by atoms with E-state index in [1.165, 1.54) is 0 Å². The van der Waals surface area contributed by atoms with Crippen LogP contribution >= 0.6 is 24.8 Å². The molecule has 0 aromatic rings. The smallest absolute Gasteiger partial charge is 0.0936 e. The zero-order valence-corrected chi connectivity index (χ0v) is 9.59. The lowest BCUT2D eigenvalue weighted by Gasteiger charge is -2.26. The van der Waals surface area contributed by atoms with Crippen molar-refractivity contribution in [1.82, 2.24) is 0 Å². The summed E-state index contributed by atoms with van der Waals surface area (Å²) < 4.78 is 0. The van der Waals surface area contributed by atoms with Gasteiger partial charge in [0.05, 0.1) is 11.7 Å². The van der Waals surface area contributed by atoms with Crippen molar-refractivity contribution in [2.24, 2.45) is 23.3 Å². The van der Waals surface area contributed by atoms with Gasteiger partial charge >= 0.3 is 0 Å². The summed E-state index contributed by atoms with van der Waals surface area (Å²) >= 11 is 0. The van der Waals surface area contributed by atoms with Gasteiger partial charge in [-0.25, -0.2) is 0 Å². The van der Waals surface area contributed by atoms with E-state index in [1.54, 1.807) is 0 Å². The maximum absolute atomic E-state index is 7.25. The molecule has 84 valence electrons. The fraction of sp³-hybridized carbons (Fsp3) is 0.750. The molecular formula is C8H18Cl2N4. The Morgan fingerprint density at radius 3 is 1.14 bits per heavy atom. The van der Waals surface area contributed by atoms with Crippen molar-refractivity contribution >= 4 is 36.5 Å². The lowest BCUT2D eigenvalue weighted by molar-refractivity contribution is 0.383. The molecule has 14 heavy (non-hydrogen) atoms. The summed E-state index contributed by atoms with van der Waals surface area (Å²) in [5, 5.41) is 14.5. The van der Waals surface area contributed by atoms with Gasteiger partial charge in [0.25, 0.3) is 0 Å². The highest BCUT2D eigenvalue weighted by molar-refractivity contribution is 5.85. The molecule has 0 aromatic carbocycles. The van der Waals surface area contributed by atoms with Gasteiger partial charge in [-0.1, -0.05) is 0 Å². The highest BCUT2D eigenvalue weighted by Gasteiger charge is 2.24. The predicted molar refractivity (Wildman–Crippen MR) is 63.8 cm³/mol. The van der Waals surface area contributed by atoms with Gasteiger partial charge in [0.2, 0.25) is 0 Å². The van der Waals surface area contributed by atoms with E-state index < -0.39 is 0 Å². The van der Waals surface area contributed by atoms with Crippen molar-refractivity contribution in [1.29, 1.82) is 10.8 Å². The molecule has 6 heteroatoms. The molecule has 0 heterocycles. The average molecular weight is 241 g/mol. The molecule has 0 saturated heterocycles. The maximum atomic E-state index is 7.25. The Bertz CT molecular complexity index is 178. The first kappa shape index (κ1) is 16.0. The minimum absolute atomic E-state index is 0. The zero-order valence-electron chi connectivity index (χ0n) is 7.95. The molecule has 1 fully saturated rings. The van der Waals surface area contributed by atoms with Crippen LogP contribution in [-0.4, -0.2) is 11.7 Å². The van der Waals surface area contributed by atoms with Crippen LogP contribution in [-0.2, 0) is 0 Å². The van der Waals surface area contributed by atoms with E-state index in [1.807, 2.05) is 0 Å². The van der Waals surface area contributed by atoms with Crippen LogP contribution in [0.5, 0.6) is 0 Å². The molecule has 1 saturated carbocycles. The van der Waals surface area contributed by atoms with Crippen LogP contribution in [0.4, 0.5) is 0 Å². The number of nitrogens with two attached hydrogens (primary N) is 2. The van der Waals surface area contributed by atoms with E-state index in [4.69, 9.17) is 22.3 Å². The van der Waals surface area contributed by atoms with Crippen LogP contribution in [0, 0.1) is 22.7 Å². The first-order valence-corrected chi connectivity index (χ1v) is 4.29. The van der Waals surface area contributed by atoms with Gasteiger partial charge in [0.1, 0.15) is 0 Å². The number of halogens is 2. The van der Waals surface area contributed by atoms with Gasteiger partial charge in [-0.2, -0.15) is 0 Å². The Labute approximate surface area is 96.6 Å². The largest absolute Gasteiger partial charge is 0.387 e. The Balaban J connectivity index is 0. The number of rotatable bonds is 2. The van der Waals surface area contributed by atoms with E-state index in [-0.39, 0.29) is 48.3 Å². The third-order valence-corrected chi connectivity index (χ3v) is 2.61. The lowest BCUT2D eigenvalue weighted by atomic mass is 9.81. The minimum atomic E-state index is 0. The summed E-state index contributed by atoms with van der Waals surface area (Å²) in [6.45, 7) is 0. The molecule has 6 N–H and O–H groups in total. The molecule has 0 aromatic heterocycles. The fourth-order valence-corrected chi connectivity index (χ4v) is 1.72. The molecule has 0 bridgehead atoms. The molecule has 0 spiro atoms. The number of hydrogen-bond donors (Lipinski definition) is 4. The third-order valence-electron chi connectivity index (χ3n) is 2.61. The van der Waals surface area contributed by atoms with E-state index in [9.17, 15) is 0 Å². The second-order valence-electron chi connectivity index (χ2n) is 3.46. The number of hydrogen-bond acceptors (Lipinski definition) is 2. The van der Waals surface area contributed by atoms with E-state index in [0.29, 0.717) is 0 Å². The Morgan fingerprint density at radius 2 is 1.00 bits per heavy atom. The van der Waals surface area contributed by atoms with Gasteiger partial charge in [-0.3, -0.25) is 10.8 Å². The topological polar surface area (TPSA) is 99.7 Å². The van der Waals surface area contributed by atoms with Crippen molar-refractivity contribution in [3.8, 4) is 0 Å². The standard InChI is InChI=1S/C8H16N4.2ClH/c9-7(10)5-1-2-6(4-3-5)8(11)12;;/h5-6H,1-4H2,(H3,9,10)(H3,11,12);2*1H/t5-,6-;;. The molecule has 1 aliphatic carbocycles. The Morgan fingerprint density at radius 1 is 0.786 bits per heavy atom. The van der Waals surface area contributed by atoms with Crippen molar-refractivity contribution < 1.29 is 0 Å². The molecular weight excluding hydrogens is 223 g/mol. The molecule has 4 nitrogen and oxygen atoms in total. The summed E-state index contributed by atoms with van der Waals surface area (Å²) in [5.74, 6) is 1.05. The highest BCUT2D eigenvalue weighted by Crippen LogP contribution is 2.28. The first-order valence-electron chi connectivity index (χ1n) is 4.29. The van der Waals surface area contributed by atoms with Crippen molar-refractivity contribution in [3.63, 3.8) is 0 Å². The molecule has 0 radical (unpaired) electrons. The van der Waals surface area contributed by atoms with Crippen molar-refractivity contribution in [2.45, 2.75) is 25.7 Å². The molecule has 1 rings (SSSR count). The summed E-state index contributed by atoms with van der Waals surface area (Å²) in [6, 6.07) is 0. The quantitative estimate of drug-likeness (QED) is 0.435. The van der Waals surface area contributed by atoms with Gasteiger partial charge in [-0.15, -0.1) is 24.8 Å². The normalized spacial score (nSPS) is 25.4. The predicted octanol–water partition coefficient (Wildman–Crippen LogP) is 1.51. The molecule has 0 unspecified atom stereocenters. The third kappa shape index (κ3) is 4.15. The average Bonchev–Trinajstić information content (AvgIpc) is 2.04. The summed E-state index contributed by atoms with van der Waals surface area (Å²) in [5.41, 5.74) is 10.8. The molecule has 0 atom stereocenters. The van der Waals surface area contributed by atoms with Crippen LogP contribution < -0.4 is 11.5 Å². The monoisotopic (exact) mass is 240 g/mol. The fourth-order valence-electron chi connectivity index (χ4n) is 1.72. The SMILES string of the molecule is Cl.Cl.N=C(N)[C@H]1CC[C@H](C(=N)N)CC1. The molecule has 0 amide bonds. The van der Waals surface area contributed by atoms with Gasteiger partial charge < -0.3 is 11.5 Å². The lowest BCUT2D eigenvalue weighted by Crippen LogP contribution is -2.31. The van der Waals surface area contributed by atoms with Gasteiger partial charge in [0, 0.05) is 11.8 Å². The molecule has 0 aliphatic heterocycles. The first-order chi connectivity index (χ1) is 5.61. The van der Waals surface area contributed by atoms with Crippen molar-refractivity contribution in [2.75, 3.05) is 0 Å². The van der Waals surface area contributed by atoms with Crippen LogP contribution in [0.3, 0.4) is 0 Å². The zero-order chi connectivity index (χ0) is 9.14. The van der Waals surface area contributed by atoms with Crippen LogP contribution in [0.1, 0.15) is 25.7 Å². The molecule has 1 aliphatic rings. The number of nitrogens with one attached hydrogen (secondary N) is 2. The number of amidine groups is 2. The maximum Gasteiger partial charge on any atom is 0.0936 e. The minimum Gasteiger partial charge on any atom is -0.387 e.